The molecular weight excluding hydrogens is 329 g/mol. The van der Waals surface area contributed by atoms with Crippen molar-refractivity contribution in [3.8, 4) is 11.1 Å². The summed E-state index contributed by atoms with van der Waals surface area (Å²) < 4.78 is 38.4. The second kappa shape index (κ2) is 7.00. The number of benzene rings is 1. The maximum absolute atomic E-state index is 12.8. The molecular formula is C18H21F3N4. The number of hydrogen-bond acceptors (Lipinski definition) is 4. The highest BCUT2D eigenvalue weighted by Gasteiger charge is 2.30. The fraction of sp³-hybridized carbons (Fsp3) is 0.444. The molecule has 0 amide bonds. The van der Waals surface area contributed by atoms with Crippen molar-refractivity contribution in [2.24, 2.45) is 0 Å². The average molecular weight is 350 g/mol. The summed E-state index contributed by atoms with van der Waals surface area (Å²) in [6.07, 6.45) is -0.695. The van der Waals surface area contributed by atoms with Gasteiger partial charge in [-0.2, -0.15) is 13.2 Å². The van der Waals surface area contributed by atoms with E-state index in [9.17, 15) is 13.2 Å². The van der Waals surface area contributed by atoms with Crippen molar-refractivity contribution in [1.29, 1.82) is 0 Å². The highest BCUT2D eigenvalue weighted by Crippen LogP contribution is 2.35. The van der Waals surface area contributed by atoms with Crippen LogP contribution in [-0.2, 0) is 6.18 Å². The van der Waals surface area contributed by atoms with Gasteiger partial charge in [0.25, 0.3) is 0 Å². The topological polar surface area (TPSA) is 41.1 Å². The standard InChI is InChI=1S/C18H21F3N4/c1-25(2)17-23-11-15(16(24-17)13-7-9-22-10-8-13)12-3-5-14(6-4-12)18(19,20)21/h3-6,11,13,22H,7-10H2,1-2H3. The van der Waals surface area contributed by atoms with Crippen LogP contribution < -0.4 is 10.2 Å². The highest BCUT2D eigenvalue weighted by molar-refractivity contribution is 5.67. The molecule has 1 aromatic heterocycles. The van der Waals surface area contributed by atoms with Crippen LogP contribution in [0, 0.1) is 0 Å². The van der Waals surface area contributed by atoms with E-state index in [1.807, 2.05) is 19.0 Å². The molecule has 0 spiro atoms. The number of hydrogen-bond donors (Lipinski definition) is 1. The average Bonchev–Trinajstić information content (AvgIpc) is 2.61. The Hall–Kier alpha value is -2.15. The predicted octanol–water partition coefficient (Wildman–Crippen LogP) is 3.70. The number of piperidine rings is 1. The summed E-state index contributed by atoms with van der Waals surface area (Å²) in [5.41, 5.74) is 1.79. The van der Waals surface area contributed by atoms with E-state index in [2.05, 4.69) is 10.3 Å². The normalized spacial score (nSPS) is 16.0. The van der Waals surface area contributed by atoms with Gasteiger partial charge in [0.15, 0.2) is 0 Å². The Morgan fingerprint density at radius 3 is 2.28 bits per heavy atom. The van der Waals surface area contributed by atoms with Gasteiger partial charge in [-0.05, 0) is 43.6 Å². The van der Waals surface area contributed by atoms with Crippen molar-refractivity contribution in [2.45, 2.75) is 24.9 Å². The zero-order valence-electron chi connectivity index (χ0n) is 14.3. The summed E-state index contributed by atoms with van der Waals surface area (Å²) in [6, 6.07) is 5.23. The maximum atomic E-state index is 12.8. The van der Waals surface area contributed by atoms with Crippen LogP contribution in [0.1, 0.15) is 30.0 Å². The Morgan fingerprint density at radius 2 is 1.72 bits per heavy atom. The summed E-state index contributed by atoms with van der Waals surface area (Å²) >= 11 is 0. The lowest BCUT2D eigenvalue weighted by Gasteiger charge is -2.25. The largest absolute Gasteiger partial charge is 0.416 e. The Balaban J connectivity index is 2.02. The van der Waals surface area contributed by atoms with Gasteiger partial charge in [0, 0.05) is 31.8 Å². The van der Waals surface area contributed by atoms with Crippen LogP contribution in [0.2, 0.25) is 0 Å². The van der Waals surface area contributed by atoms with Gasteiger partial charge in [-0.1, -0.05) is 12.1 Å². The summed E-state index contributed by atoms with van der Waals surface area (Å²) in [4.78, 5) is 10.9. The van der Waals surface area contributed by atoms with E-state index < -0.39 is 11.7 Å². The van der Waals surface area contributed by atoms with Crippen LogP contribution in [0.25, 0.3) is 11.1 Å². The SMILES string of the molecule is CN(C)c1ncc(-c2ccc(C(F)(F)F)cc2)c(C2CCNCC2)n1. The van der Waals surface area contributed by atoms with E-state index in [0.717, 1.165) is 49.3 Å². The second-order valence-corrected chi connectivity index (χ2v) is 6.46. The zero-order chi connectivity index (χ0) is 18.0. The van der Waals surface area contributed by atoms with Crippen LogP contribution in [0.3, 0.4) is 0 Å². The van der Waals surface area contributed by atoms with Crippen molar-refractivity contribution >= 4 is 5.95 Å². The van der Waals surface area contributed by atoms with Crippen LogP contribution in [0.5, 0.6) is 0 Å². The number of nitrogens with zero attached hydrogens (tertiary/aromatic N) is 3. The first kappa shape index (κ1) is 17.7. The van der Waals surface area contributed by atoms with Gasteiger partial charge in [-0.25, -0.2) is 9.97 Å². The lowest BCUT2D eigenvalue weighted by atomic mass is 9.89. The van der Waals surface area contributed by atoms with Crippen LogP contribution in [0.4, 0.5) is 19.1 Å². The molecule has 0 unspecified atom stereocenters. The Bertz CT molecular complexity index is 720. The van der Waals surface area contributed by atoms with Gasteiger partial charge in [0.1, 0.15) is 0 Å². The molecule has 1 fully saturated rings. The number of aromatic nitrogens is 2. The van der Waals surface area contributed by atoms with Gasteiger partial charge >= 0.3 is 6.18 Å². The number of rotatable bonds is 3. The predicted molar refractivity (Wildman–Crippen MR) is 91.6 cm³/mol. The van der Waals surface area contributed by atoms with Gasteiger partial charge in [0.05, 0.1) is 11.3 Å². The molecule has 25 heavy (non-hydrogen) atoms. The first-order valence-corrected chi connectivity index (χ1v) is 8.29. The lowest BCUT2D eigenvalue weighted by molar-refractivity contribution is -0.137. The minimum absolute atomic E-state index is 0.278. The fourth-order valence-electron chi connectivity index (χ4n) is 3.07. The molecule has 1 aliphatic heterocycles. The van der Waals surface area contributed by atoms with E-state index in [4.69, 9.17) is 4.98 Å². The Morgan fingerprint density at radius 1 is 1.08 bits per heavy atom. The third kappa shape index (κ3) is 3.92. The quantitative estimate of drug-likeness (QED) is 0.917. The molecule has 134 valence electrons. The van der Waals surface area contributed by atoms with Crippen LogP contribution in [-0.4, -0.2) is 37.2 Å². The number of nitrogens with one attached hydrogen (secondary N) is 1. The molecule has 0 radical (unpaired) electrons. The smallest absolute Gasteiger partial charge is 0.347 e. The molecule has 1 aliphatic rings. The van der Waals surface area contributed by atoms with Gasteiger partial charge in [-0.15, -0.1) is 0 Å². The minimum Gasteiger partial charge on any atom is -0.347 e. The number of anilines is 1. The monoisotopic (exact) mass is 350 g/mol. The summed E-state index contributed by atoms with van der Waals surface area (Å²) in [5.74, 6) is 0.893. The third-order valence-electron chi connectivity index (χ3n) is 4.45. The first-order chi connectivity index (χ1) is 11.9. The van der Waals surface area contributed by atoms with Gasteiger partial charge in [0.2, 0.25) is 5.95 Å². The van der Waals surface area contributed by atoms with Crippen LogP contribution in [0.15, 0.2) is 30.5 Å². The minimum atomic E-state index is -4.33. The molecule has 1 saturated heterocycles. The summed E-state index contributed by atoms with van der Waals surface area (Å²) in [5, 5.41) is 3.33. The molecule has 7 heteroatoms. The van der Waals surface area contributed by atoms with Crippen molar-refractivity contribution in [3.05, 3.63) is 41.7 Å². The van der Waals surface area contributed by atoms with E-state index >= 15 is 0 Å². The van der Waals surface area contributed by atoms with Gasteiger partial charge in [-0.3, -0.25) is 0 Å². The van der Waals surface area contributed by atoms with E-state index in [1.165, 1.54) is 12.1 Å². The zero-order valence-corrected chi connectivity index (χ0v) is 14.3. The molecule has 3 rings (SSSR count). The summed E-state index contributed by atoms with van der Waals surface area (Å²) in [7, 11) is 3.75. The number of halogens is 3. The molecule has 2 aromatic rings. The lowest BCUT2D eigenvalue weighted by Crippen LogP contribution is -2.27. The van der Waals surface area contributed by atoms with E-state index in [1.54, 1.807) is 6.20 Å². The Labute approximate surface area is 145 Å². The Kier molecular flexibility index (Phi) is 4.94. The molecule has 0 bridgehead atoms. The molecule has 0 saturated carbocycles. The highest BCUT2D eigenvalue weighted by atomic mass is 19.4. The number of alkyl halides is 3. The third-order valence-corrected chi connectivity index (χ3v) is 4.45. The molecule has 0 atom stereocenters. The summed E-state index contributed by atoms with van der Waals surface area (Å²) in [6.45, 7) is 1.83. The van der Waals surface area contributed by atoms with E-state index in [0.29, 0.717) is 11.5 Å². The molecule has 1 N–H and O–H groups in total. The maximum Gasteiger partial charge on any atom is 0.416 e. The van der Waals surface area contributed by atoms with Crippen molar-refractivity contribution in [1.82, 2.24) is 15.3 Å². The first-order valence-electron chi connectivity index (χ1n) is 8.29. The molecule has 1 aromatic carbocycles. The molecule has 2 heterocycles. The van der Waals surface area contributed by atoms with Crippen molar-refractivity contribution in [3.63, 3.8) is 0 Å². The fourth-order valence-corrected chi connectivity index (χ4v) is 3.07. The van der Waals surface area contributed by atoms with Crippen LogP contribution >= 0.6 is 0 Å². The van der Waals surface area contributed by atoms with Crippen molar-refractivity contribution in [2.75, 3.05) is 32.1 Å². The van der Waals surface area contributed by atoms with Gasteiger partial charge < -0.3 is 10.2 Å². The molecule has 0 aliphatic carbocycles. The second-order valence-electron chi connectivity index (χ2n) is 6.46. The van der Waals surface area contributed by atoms with Crippen molar-refractivity contribution < 1.29 is 13.2 Å². The molecule has 4 nitrogen and oxygen atoms in total. The van der Waals surface area contributed by atoms with E-state index in [-0.39, 0.29) is 5.92 Å².